The van der Waals surface area contributed by atoms with Gasteiger partial charge in [-0.2, -0.15) is 0 Å². The lowest BCUT2D eigenvalue weighted by Gasteiger charge is -2.16. The average Bonchev–Trinajstić information content (AvgIpc) is 3.16. The van der Waals surface area contributed by atoms with Gasteiger partial charge in [0.25, 0.3) is 5.91 Å². The lowest BCUT2D eigenvalue weighted by Crippen LogP contribution is -2.32. The number of amides is 1. The number of carbonyl (C=O) groups is 1. The predicted octanol–water partition coefficient (Wildman–Crippen LogP) is 4.15. The van der Waals surface area contributed by atoms with Crippen LogP contribution in [-0.2, 0) is 5.75 Å². The second kappa shape index (κ2) is 6.64. The normalized spacial score (nSPS) is 14.3. The highest BCUT2D eigenvalue weighted by atomic mass is 35.5. The van der Waals surface area contributed by atoms with Crippen molar-refractivity contribution in [2.24, 2.45) is 4.99 Å². The number of carbonyl (C=O) groups excluding carboxylic acids is 1. The van der Waals surface area contributed by atoms with Crippen LogP contribution >= 0.6 is 34.7 Å². The number of nitrogens with zero attached hydrogens (tertiary/aromatic N) is 2. The highest BCUT2D eigenvalue weighted by Gasteiger charge is 2.25. The molecule has 3 rings (SSSR count). The summed E-state index contributed by atoms with van der Waals surface area (Å²) < 4.78 is 0. The molecule has 0 N–H and O–H groups in total. The van der Waals surface area contributed by atoms with E-state index in [1.807, 2.05) is 41.8 Å². The average molecular weight is 337 g/mol. The molecule has 0 fully saturated rings. The van der Waals surface area contributed by atoms with Crippen molar-refractivity contribution in [1.82, 2.24) is 4.90 Å². The molecule has 1 aliphatic heterocycles. The van der Waals surface area contributed by atoms with E-state index in [9.17, 15) is 4.79 Å². The first-order chi connectivity index (χ1) is 10.2. The molecule has 1 aliphatic rings. The number of thioether (sulfide) groups is 1. The van der Waals surface area contributed by atoms with Crippen molar-refractivity contribution in [3.8, 4) is 0 Å². The summed E-state index contributed by atoms with van der Waals surface area (Å²) >= 11 is 9.03. The summed E-state index contributed by atoms with van der Waals surface area (Å²) in [6.45, 7) is 1.34. The van der Waals surface area contributed by atoms with E-state index in [4.69, 9.17) is 11.6 Å². The van der Waals surface area contributed by atoms with E-state index in [0.29, 0.717) is 13.1 Å². The van der Waals surface area contributed by atoms with E-state index in [1.165, 1.54) is 11.3 Å². The van der Waals surface area contributed by atoms with Crippen molar-refractivity contribution in [2.75, 3.05) is 13.1 Å². The number of benzene rings is 1. The van der Waals surface area contributed by atoms with E-state index in [-0.39, 0.29) is 5.91 Å². The summed E-state index contributed by atoms with van der Waals surface area (Å²) in [5.74, 6) is 0.799. The van der Waals surface area contributed by atoms with Crippen molar-refractivity contribution in [3.63, 3.8) is 0 Å². The number of aliphatic imine (C=N–C) groups is 1. The minimum atomic E-state index is 0.0415. The summed E-state index contributed by atoms with van der Waals surface area (Å²) in [5, 5.41) is 3.44. The molecular formula is C15H13ClN2OS2. The Morgan fingerprint density at radius 2 is 2.29 bits per heavy atom. The highest BCUT2D eigenvalue weighted by molar-refractivity contribution is 8.13. The Balaban J connectivity index is 1.66. The zero-order chi connectivity index (χ0) is 14.7. The fraction of sp³-hybridized carbons (Fsp3) is 0.200. The van der Waals surface area contributed by atoms with Gasteiger partial charge in [0, 0.05) is 17.3 Å². The Morgan fingerprint density at radius 1 is 1.38 bits per heavy atom. The third kappa shape index (κ3) is 3.48. The first-order valence-corrected chi connectivity index (χ1v) is 8.75. The molecule has 0 radical (unpaired) electrons. The quantitative estimate of drug-likeness (QED) is 0.843. The minimum Gasteiger partial charge on any atom is -0.285 e. The van der Waals surface area contributed by atoms with E-state index in [1.54, 1.807) is 16.7 Å². The van der Waals surface area contributed by atoms with Crippen LogP contribution in [0.25, 0.3) is 0 Å². The second-order valence-electron chi connectivity index (χ2n) is 4.52. The number of halogens is 1. The topological polar surface area (TPSA) is 32.7 Å². The summed E-state index contributed by atoms with van der Waals surface area (Å²) in [4.78, 5) is 19.4. The standard InChI is InChI=1S/C15H13ClN2OS2/c16-12-4-1-3-11(9-12)10-21-15-17-6-7-18(15)14(19)13-5-2-8-20-13/h1-5,8-9H,6-7,10H2. The van der Waals surface area contributed by atoms with Gasteiger partial charge in [0.2, 0.25) is 0 Å². The van der Waals surface area contributed by atoms with Crippen LogP contribution in [0.3, 0.4) is 0 Å². The fourth-order valence-electron chi connectivity index (χ4n) is 2.05. The van der Waals surface area contributed by atoms with Crippen molar-refractivity contribution in [3.05, 3.63) is 57.2 Å². The summed E-state index contributed by atoms with van der Waals surface area (Å²) in [5.41, 5.74) is 1.13. The number of thiophene rings is 1. The van der Waals surface area contributed by atoms with Crippen molar-refractivity contribution < 1.29 is 4.79 Å². The first-order valence-electron chi connectivity index (χ1n) is 6.51. The van der Waals surface area contributed by atoms with Crippen LogP contribution in [0.15, 0.2) is 46.8 Å². The molecule has 1 aromatic carbocycles. The molecule has 0 saturated carbocycles. The summed E-state index contributed by atoms with van der Waals surface area (Å²) in [7, 11) is 0. The molecule has 0 saturated heterocycles. The largest absolute Gasteiger partial charge is 0.285 e. The number of amidine groups is 1. The van der Waals surface area contributed by atoms with Crippen LogP contribution < -0.4 is 0 Å². The van der Waals surface area contributed by atoms with Gasteiger partial charge in [0.05, 0.1) is 11.4 Å². The van der Waals surface area contributed by atoms with E-state index >= 15 is 0 Å². The van der Waals surface area contributed by atoms with Crippen LogP contribution in [0.5, 0.6) is 0 Å². The zero-order valence-corrected chi connectivity index (χ0v) is 13.5. The van der Waals surface area contributed by atoms with Gasteiger partial charge in [-0.3, -0.25) is 14.7 Å². The van der Waals surface area contributed by atoms with E-state index < -0.39 is 0 Å². The van der Waals surface area contributed by atoms with Gasteiger partial charge < -0.3 is 0 Å². The van der Waals surface area contributed by atoms with Gasteiger partial charge in [-0.15, -0.1) is 11.3 Å². The number of hydrogen-bond donors (Lipinski definition) is 0. The fourth-order valence-corrected chi connectivity index (χ4v) is 3.92. The third-order valence-electron chi connectivity index (χ3n) is 3.04. The molecule has 0 aliphatic carbocycles. The third-order valence-corrected chi connectivity index (χ3v) is 5.21. The molecule has 3 nitrogen and oxygen atoms in total. The lowest BCUT2D eigenvalue weighted by atomic mass is 10.2. The Bertz CT molecular complexity index is 670. The summed E-state index contributed by atoms with van der Waals surface area (Å²) in [6.07, 6.45) is 0. The predicted molar refractivity (Wildman–Crippen MR) is 90.4 cm³/mol. The minimum absolute atomic E-state index is 0.0415. The molecule has 108 valence electrons. The SMILES string of the molecule is O=C(c1cccs1)N1CCN=C1SCc1cccc(Cl)c1. The monoisotopic (exact) mass is 336 g/mol. The maximum Gasteiger partial charge on any atom is 0.269 e. The van der Waals surface area contributed by atoms with Gasteiger partial charge >= 0.3 is 0 Å². The maximum absolute atomic E-state index is 12.4. The van der Waals surface area contributed by atoms with Gasteiger partial charge in [-0.25, -0.2) is 0 Å². The second-order valence-corrected chi connectivity index (χ2v) is 6.84. The molecule has 1 aromatic heterocycles. The van der Waals surface area contributed by atoms with E-state index in [0.717, 1.165) is 26.4 Å². The maximum atomic E-state index is 12.4. The molecule has 1 amide bonds. The Kier molecular flexibility index (Phi) is 4.63. The van der Waals surface area contributed by atoms with E-state index in [2.05, 4.69) is 4.99 Å². The number of hydrogen-bond acceptors (Lipinski definition) is 4. The molecule has 2 heterocycles. The van der Waals surface area contributed by atoms with Gasteiger partial charge in [0.1, 0.15) is 0 Å². The first kappa shape index (κ1) is 14.6. The van der Waals surface area contributed by atoms with Crippen molar-refractivity contribution >= 4 is 45.8 Å². The zero-order valence-electron chi connectivity index (χ0n) is 11.2. The van der Waals surface area contributed by atoms with Crippen LogP contribution in [0.1, 0.15) is 15.2 Å². The Hall–Kier alpha value is -1.30. The Morgan fingerprint density at radius 3 is 3.05 bits per heavy atom. The van der Waals surface area contributed by atoms with Crippen LogP contribution in [0.2, 0.25) is 5.02 Å². The molecule has 0 atom stereocenters. The molecule has 0 spiro atoms. The molecule has 0 bridgehead atoms. The smallest absolute Gasteiger partial charge is 0.269 e. The highest BCUT2D eigenvalue weighted by Crippen LogP contribution is 2.23. The molecule has 2 aromatic rings. The van der Waals surface area contributed by atoms with Gasteiger partial charge in [-0.05, 0) is 29.1 Å². The summed E-state index contributed by atoms with van der Waals surface area (Å²) in [6, 6.07) is 11.5. The molecular weight excluding hydrogens is 324 g/mol. The van der Waals surface area contributed by atoms with Crippen molar-refractivity contribution in [2.45, 2.75) is 5.75 Å². The number of rotatable bonds is 3. The lowest BCUT2D eigenvalue weighted by molar-refractivity contribution is 0.0865. The molecule has 6 heteroatoms. The van der Waals surface area contributed by atoms with Gasteiger partial charge in [0.15, 0.2) is 5.17 Å². The molecule has 21 heavy (non-hydrogen) atoms. The van der Waals surface area contributed by atoms with Crippen molar-refractivity contribution in [1.29, 1.82) is 0 Å². The van der Waals surface area contributed by atoms with Crippen LogP contribution in [-0.4, -0.2) is 29.1 Å². The molecule has 0 unspecified atom stereocenters. The van der Waals surface area contributed by atoms with Gasteiger partial charge in [-0.1, -0.05) is 41.6 Å². The Labute approximate surface area is 136 Å². The van der Waals surface area contributed by atoms with Crippen LogP contribution in [0, 0.1) is 0 Å². The van der Waals surface area contributed by atoms with Crippen LogP contribution in [0.4, 0.5) is 0 Å².